The van der Waals surface area contributed by atoms with Gasteiger partial charge < -0.3 is 10.6 Å². The first-order chi connectivity index (χ1) is 13.8. The molecule has 0 aliphatic carbocycles. The van der Waals surface area contributed by atoms with Crippen LogP contribution in [-0.2, 0) is 12.7 Å². The number of carbonyl (C=O) groups excluding carboxylic acids is 2. The number of hydrogen-bond donors (Lipinski definition) is 2. The number of hydrogen-bond acceptors (Lipinski definition) is 2. The molecule has 0 spiro atoms. The fraction of sp³-hybridized carbons (Fsp3) is 0.0909. The number of halogens is 3. The number of nitrogens with one attached hydrogen (secondary N) is 2. The van der Waals surface area contributed by atoms with E-state index in [-0.39, 0.29) is 23.9 Å². The third kappa shape index (κ3) is 3.59. The van der Waals surface area contributed by atoms with Crippen LogP contribution in [0.3, 0.4) is 0 Å². The monoisotopic (exact) mass is 396 g/mol. The molecule has 2 amide bonds. The van der Waals surface area contributed by atoms with Crippen molar-refractivity contribution < 1.29 is 22.8 Å². The normalized spacial score (nSPS) is 13.0. The van der Waals surface area contributed by atoms with Gasteiger partial charge in [-0.1, -0.05) is 36.4 Å². The van der Waals surface area contributed by atoms with E-state index in [4.69, 9.17) is 0 Å². The first kappa shape index (κ1) is 18.7. The molecule has 0 fully saturated rings. The van der Waals surface area contributed by atoms with E-state index >= 15 is 0 Å². The van der Waals surface area contributed by atoms with Crippen LogP contribution in [0.1, 0.15) is 31.8 Å². The van der Waals surface area contributed by atoms with Gasteiger partial charge in [-0.25, -0.2) is 0 Å². The van der Waals surface area contributed by atoms with Crippen molar-refractivity contribution in [3.05, 3.63) is 89.0 Å². The van der Waals surface area contributed by atoms with Gasteiger partial charge in [-0.15, -0.1) is 0 Å². The van der Waals surface area contributed by atoms with Crippen molar-refractivity contribution in [3.63, 3.8) is 0 Å². The Bertz CT molecular complexity index is 1110. The van der Waals surface area contributed by atoms with Gasteiger partial charge in [-0.2, -0.15) is 13.2 Å². The standard InChI is InChI=1S/C22H15F3N2O2/c23-22(24,25)15-8-4-7-14(11-15)16-9-10-18(19-17(16)12-26-21(19)29)27-20(28)13-5-2-1-3-6-13/h1-11H,12H2,(H,26,29)(H,27,28). The topological polar surface area (TPSA) is 58.2 Å². The van der Waals surface area contributed by atoms with E-state index in [0.29, 0.717) is 27.9 Å². The first-order valence-electron chi connectivity index (χ1n) is 8.83. The highest BCUT2D eigenvalue weighted by Crippen LogP contribution is 2.37. The second kappa shape index (κ2) is 7.09. The average Bonchev–Trinajstić information content (AvgIpc) is 3.10. The molecule has 3 aromatic rings. The fourth-order valence-corrected chi connectivity index (χ4v) is 3.37. The number of fused-ring (bicyclic) bond motifs is 1. The van der Waals surface area contributed by atoms with Crippen molar-refractivity contribution >= 4 is 17.5 Å². The van der Waals surface area contributed by atoms with Gasteiger partial charge in [0.15, 0.2) is 0 Å². The van der Waals surface area contributed by atoms with E-state index in [2.05, 4.69) is 10.6 Å². The second-order valence-electron chi connectivity index (χ2n) is 6.60. The van der Waals surface area contributed by atoms with E-state index in [1.807, 2.05) is 0 Å². The van der Waals surface area contributed by atoms with Crippen LogP contribution in [0.15, 0.2) is 66.7 Å². The lowest BCUT2D eigenvalue weighted by molar-refractivity contribution is -0.137. The van der Waals surface area contributed by atoms with Gasteiger partial charge >= 0.3 is 6.18 Å². The minimum Gasteiger partial charge on any atom is -0.348 e. The molecule has 146 valence electrons. The SMILES string of the molecule is O=C(Nc1ccc(-c2cccc(C(F)(F)F)c2)c2c1C(=O)NC2)c1ccccc1. The maximum atomic E-state index is 13.1. The van der Waals surface area contributed by atoms with Gasteiger partial charge in [0.1, 0.15) is 0 Å². The third-order valence-electron chi connectivity index (χ3n) is 4.75. The molecule has 1 aliphatic rings. The molecule has 4 rings (SSSR count). The van der Waals surface area contributed by atoms with E-state index in [1.54, 1.807) is 48.5 Å². The zero-order chi connectivity index (χ0) is 20.6. The lowest BCUT2D eigenvalue weighted by atomic mass is 9.94. The van der Waals surface area contributed by atoms with E-state index in [9.17, 15) is 22.8 Å². The molecule has 0 radical (unpaired) electrons. The highest BCUT2D eigenvalue weighted by Gasteiger charge is 2.31. The average molecular weight is 396 g/mol. The van der Waals surface area contributed by atoms with Gasteiger partial charge in [-0.3, -0.25) is 9.59 Å². The van der Waals surface area contributed by atoms with E-state index in [1.165, 1.54) is 6.07 Å². The Hall–Kier alpha value is -3.61. The number of alkyl halides is 3. The lowest BCUT2D eigenvalue weighted by Gasteiger charge is -2.14. The maximum absolute atomic E-state index is 13.1. The molecule has 4 nitrogen and oxygen atoms in total. The van der Waals surface area contributed by atoms with Gasteiger partial charge in [0, 0.05) is 12.1 Å². The third-order valence-corrected chi connectivity index (χ3v) is 4.75. The zero-order valence-corrected chi connectivity index (χ0v) is 15.0. The van der Waals surface area contributed by atoms with Gasteiger partial charge in [-0.05, 0) is 47.0 Å². The number of amides is 2. The minimum absolute atomic E-state index is 0.175. The molecule has 0 unspecified atom stereocenters. The Labute approximate surface area is 164 Å². The Morgan fingerprint density at radius 2 is 1.72 bits per heavy atom. The summed E-state index contributed by atoms with van der Waals surface area (Å²) >= 11 is 0. The highest BCUT2D eigenvalue weighted by molar-refractivity contribution is 6.11. The van der Waals surface area contributed by atoms with Crippen LogP contribution in [0.2, 0.25) is 0 Å². The zero-order valence-electron chi connectivity index (χ0n) is 15.0. The molecule has 0 atom stereocenters. The van der Waals surface area contributed by atoms with Crippen LogP contribution >= 0.6 is 0 Å². The highest BCUT2D eigenvalue weighted by atomic mass is 19.4. The molecule has 0 saturated carbocycles. The van der Waals surface area contributed by atoms with Crippen LogP contribution < -0.4 is 10.6 Å². The van der Waals surface area contributed by atoms with E-state index < -0.39 is 11.7 Å². The van der Waals surface area contributed by atoms with Crippen molar-refractivity contribution in [2.24, 2.45) is 0 Å². The molecule has 0 saturated heterocycles. The van der Waals surface area contributed by atoms with Crippen molar-refractivity contribution in [1.29, 1.82) is 0 Å². The van der Waals surface area contributed by atoms with Gasteiger partial charge in [0.05, 0.1) is 16.8 Å². The molecule has 29 heavy (non-hydrogen) atoms. The fourth-order valence-electron chi connectivity index (χ4n) is 3.37. The van der Waals surface area contributed by atoms with E-state index in [0.717, 1.165) is 12.1 Å². The predicted molar refractivity (Wildman–Crippen MR) is 102 cm³/mol. The Balaban J connectivity index is 1.75. The van der Waals surface area contributed by atoms with Crippen LogP contribution in [0.25, 0.3) is 11.1 Å². The van der Waals surface area contributed by atoms with Crippen molar-refractivity contribution in [2.75, 3.05) is 5.32 Å². The maximum Gasteiger partial charge on any atom is 0.416 e. The number of rotatable bonds is 3. The molecule has 1 heterocycles. The van der Waals surface area contributed by atoms with Crippen LogP contribution in [0.4, 0.5) is 18.9 Å². The summed E-state index contributed by atoms with van der Waals surface area (Å²) in [5.41, 5.74) is 1.68. The summed E-state index contributed by atoms with van der Waals surface area (Å²) in [6.07, 6.45) is -4.46. The van der Waals surface area contributed by atoms with Crippen molar-refractivity contribution in [2.45, 2.75) is 12.7 Å². The number of anilines is 1. The summed E-state index contributed by atoms with van der Waals surface area (Å²) in [5, 5.41) is 5.40. The molecule has 2 N–H and O–H groups in total. The molecule has 1 aliphatic heterocycles. The summed E-state index contributed by atoms with van der Waals surface area (Å²) in [4.78, 5) is 24.8. The second-order valence-corrected chi connectivity index (χ2v) is 6.60. The van der Waals surface area contributed by atoms with Crippen molar-refractivity contribution in [1.82, 2.24) is 5.32 Å². The molecule has 0 aromatic heterocycles. The largest absolute Gasteiger partial charge is 0.416 e. The molecule has 0 bridgehead atoms. The predicted octanol–water partition coefficient (Wildman–Crippen LogP) is 4.87. The van der Waals surface area contributed by atoms with Crippen molar-refractivity contribution in [3.8, 4) is 11.1 Å². The summed E-state index contributed by atoms with van der Waals surface area (Å²) in [6.45, 7) is 0.175. The van der Waals surface area contributed by atoms with Crippen LogP contribution in [-0.4, -0.2) is 11.8 Å². The Morgan fingerprint density at radius 3 is 2.45 bits per heavy atom. The molecular weight excluding hydrogens is 381 g/mol. The minimum atomic E-state index is -4.46. The van der Waals surface area contributed by atoms with Gasteiger partial charge in [0.25, 0.3) is 11.8 Å². The molecular formula is C22H15F3N2O2. The number of carbonyl (C=O) groups is 2. The number of benzene rings is 3. The van der Waals surface area contributed by atoms with Crippen LogP contribution in [0, 0.1) is 0 Å². The quantitative estimate of drug-likeness (QED) is 0.664. The Kier molecular flexibility index (Phi) is 4.58. The smallest absolute Gasteiger partial charge is 0.348 e. The summed E-state index contributed by atoms with van der Waals surface area (Å²) in [5.74, 6) is -0.753. The first-order valence-corrected chi connectivity index (χ1v) is 8.83. The summed E-state index contributed by atoms with van der Waals surface area (Å²) < 4.78 is 39.2. The molecule has 3 aromatic carbocycles. The molecule has 7 heteroatoms. The lowest BCUT2D eigenvalue weighted by Crippen LogP contribution is -2.17. The van der Waals surface area contributed by atoms with Gasteiger partial charge in [0.2, 0.25) is 0 Å². The summed E-state index contributed by atoms with van der Waals surface area (Å²) in [7, 11) is 0. The summed E-state index contributed by atoms with van der Waals surface area (Å²) in [6, 6.07) is 16.6. The van der Waals surface area contributed by atoms with Crippen LogP contribution in [0.5, 0.6) is 0 Å². The Morgan fingerprint density at radius 1 is 0.966 bits per heavy atom.